The third-order valence-electron chi connectivity index (χ3n) is 3.66. The van der Waals surface area contributed by atoms with Crippen LogP contribution in [0, 0.1) is 0 Å². The molecule has 7 nitrogen and oxygen atoms in total. The fraction of sp³-hybridized carbons (Fsp3) is 0.562. The molecule has 1 N–H and O–H groups in total. The Bertz CT molecular complexity index is 694. The molecule has 2 rings (SSSR count). The summed E-state index contributed by atoms with van der Waals surface area (Å²) in [6, 6.07) is 5.06. The Balaban J connectivity index is 2.10. The van der Waals surface area contributed by atoms with Gasteiger partial charge in [-0.1, -0.05) is 0 Å². The van der Waals surface area contributed by atoms with Crippen molar-refractivity contribution in [1.82, 2.24) is 9.21 Å². The average molecular weight is 356 g/mol. The minimum absolute atomic E-state index is 0.0109. The van der Waals surface area contributed by atoms with Crippen LogP contribution in [0.4, 0.5) is 4.79 Å². The molecule has 8 heteroatoms. The zero-order valence-corrected chi connectivity index (χ0v) is 15.2. The molecule has 0 bridgehead atoms. The molecule has 1 amide bonds. The molecule has 1 aromatic rings. The molecule has 1 aromatic carbocycles. The summed E-state index contributed by atoms with van der Waals surface area (Å²) in [6.45, 7) is 7.88. The third-order valence-corrected chi connectivity index (χ3v) is 5.69. The maximum atomic E-state index is 12.7. The Hall–Kier alpha value is -1.80. The molecule has 1 aliphatic heterocycles. The van der Waals surface area contributed by atoms with Crippen LogP contribution in [0.25, 0.3) is 0 Å². The van der Waals surface area contributed by atoms with Gasteiger partial charge in [-0.25, -0.2) is 13.2 Å². The minimum atomic E-state index is -3.67. The smallest absolute Gasteiger partial charge is 0.410 e. The number of amides is 1. The van der Waals surface area contributed by atoms with Crippen LogP contribution < -0.4 is 0 Å². The largest absolute Gasteiger partial charge is 0.508 e. The first kappa shape index (κ1) is 18.5. The Morgan fingerprint density at radius 2 is 1.79 bits per heavy atom. The van der Waals surface area contributed by atoms with Gasteiger partial charge >= 0.3 is 6.09 Å². The molecule has 0 aliphatic carbocycles. The highest BCUT2D eigenvalue weighted by atomic mass is 32.2. The highest BCUT2D eigenvalue weighted by molar-refractivity contribution is 7.89. The monoisotopic (exact) mass is 356 g/mol. The topological polar surface area (TPSA) is 87.2 Å². The van der Waals surface area contributed by atoms with Crippen LogP contribution in [0.2, 0.25) is 0 Å². The Morgan fingerprint density at radius 1 is 1.21 bits per heavy atom. The highest BCUT2D eigenvalue weighted by Crippen LogP contribution is 2.23. The van der Waals surface area contributed by atoms with Crippen molar-refractivity contribution in [3.63, 3.8) is 0 Å². The molecule has 0 saturated carbocycles. The van der Waals surface area contributed by atoms with Crippen molar-refractivity contribution < 1.29 is 23.1 Å². The summed E-state index contributed by atoms with van der Waals surface area (Å²) in [7, 11) is -3.67. The van der Waals surface area contributed by atoms with Gasteiger partial charge in [0, 0.05) is 25.7 Å². The van der Waals surface area contributed by atoms with Gasteiger partial charge in [0.25, 0.3) is 0 Å². The van der Waals surface area contributed by atoms with E-state index in [0.717, 1.165) is 0 Å². The highest BCUT2D eigenvalue weighted by Gasteiger charge is 2.36. The van der Waals surface area contributed by atoms with Gasteiger partial charge in [-0.2, -0.15) is 4.31 Å². The number of ether oxygens (including phenoxy) is 1. The van der Waals surface area contributed by atoms with Crippen molar-refractivity contribution in [2.24, 2.45) is 0 Å². The van der Waals surface area contributed by atoms with Crippen LogP contribution in [0.5, 0.6) is 5.75 Å². The van der Waals surface area contributed by atoms with E-state index in [1.807, 2.05) is 0 Å². The summed E-state index contributed by atoms with van der Waals surface area (Å²) in [6.07, 6.45) is -0.434. The number of sulfonamides is 1. The number of hydrogen-bond acceptors (Lipinski definition) is 5. The van der Waals surface area contributed by atoms with Crippen LogP contribution in [0.15, 0.2) is 29.2 Å². The van der Waals surface area contributed by atoms with E-state index in [2.05, 4.69) is 0 Å². The molecular formula is C16H24N2O5S. The molecular weight excluding hydrogens is 332 g/mol. The summed E-state index contributed by atoms with van der Waals surface area (Å²) >= 11 is 0. The number of carbonyl (C=O) groups is 1. The van der Waals surface area contributed by atoms with E-state index in [0.29, 0.717) is 0 Å². The van der Waals surface area contributed by atoms with Crippen molar-refractivity contribution in [2.75, 3.05) is 19.6 Å². The van der Waals surface area contributed by atoms with Gasteiger partial charge in [-0.3, -0.25) is 0 Å². The quantitative estimate of drug-likeness (QED) is 0.876. The molecule has 134 valence electrons. The van der Waals surface area contributed by atoms with Crippen molar-refractivity contribution in [3.05, 3.63) is 24.3 Å². The lowest BCUT2D eigenvalue weighted by Gasteiger charge is -2.39. The van der Waals surface area contributed by atoms with Gasteiger partial charge in [-0.05, 0) is 52.0 Å². The second kappa shape index (κ2) is 6.60. The van der Waals surface area contributed by atoms with Crippen LogP contribution in [-0.4, -0.2) is 60.1 Å². The lowest BCUT2D eigenvalue weighted by atomic mass is 10.2. The van der Waals surface area contributed by atoms with E-state index in [1.54, 1.807) is 27.7 Å². The number of piperazine rings is 1. The molecule has 1 saturated heterocycles. The SMILES string of the molecule is CC1CN(C(=O)OC(C)(C)C)CCN1S(=O)(=O)c1ccc(O)cc1. The summed E-state index contributed by atoms with van der Waals surface area (Å²) in [5.74, 6) is 0.0109. The van der Waals surface area contributed by atoms with Crippen LogP contribution >= 0.6 is 0 Å². The number of benzene rings is 1. The van der Waals surface area contributed by atoms with Gasteiger partial charge in [-0.15, -0.1) is 0 Å². The Labute approximate surface area is 142 Å². The second-order valence-corrected chi connectivity index (χ2v) is 8.78. The average Bonchev–Trinajstić information content (AvgIpc) is 2.45. The van der Waals surface area contributed by atoms with Crippen LogP contribution in [0.1, 0.15) is 27.7 Å². The van der Waals surface area contributed by atoms with Gasteiger partial charge in [0.2, 0.25) is 10.0 Å². The first-order valence-corrected chi connectivity index (χ1v) is 9.23. The molecule has 1 fully saturated rings. The first-order valence-electron chi connectivity index (χ1n) is 7.79. The zero-order valence-electron chi connectivity index (χ0n) is 14.4. The standard InChI is InChI=1S/C16H24N2O5S/c1-12-11-17(15(20)23-16(2,3)4)9-10-18(12)24(21,22)14-7-5-13(19)6-8-14/h5-8,12,19H,9-11H2,1-4H3. The van der Waals surface area contributed by atoms with Crippen molar-refractivity contribution in [3.8, 4) is 5.75 Å². The Morgan fingerprint density at radius 3 is 2.29 bits per heavy atom. The number of phenolic OH excluding ortho intramolecular Hbond substituents is 1. The number of hydrogen-bond donors (Lipinski definition) is 1. The molecule has 1 aliphatic rings. The first-order chi connectivity index (χ1) is 11.0. The molecule has 0 spiro atoms. The maximum absolute atomic E-state index is 12.7. The van der Waals surface area contributed by atoms with E-state index >= 15 is 0 Å². The van der Waals surface area contributed by atoms with E-state index in [1.165, 1.54) is 33.5 Å². The lowest BCUT2D eigenvalue weighted by Crippen LogP contribution is -2.55. The Kier molecular flexibility index (Phi) is 5.10. The predicted molar refractivity (Wildman–Crippen MR) is 89.3 cm³/mol. The lowest BCUT2D eigenvalue weighted by molar-refractivity contribution is 0.0143. The van der Waals surface area contributed by atoms with E-state index < -0.39 is 21.7 Å². The minimum Gasteiger partial charge on any atom is -0.508 e. The molecule has 0 aromatic heterocycles. The van der Waals surface area contributed by atoms with Crippen LogP contribution in [0.3, 0.4) is 0 Å². The number of rotatable bonds is 2. The fourth-order valence-electron chi connectivity index (χ4n) is 2.54. The molecule has 1 heterocycles. The van der Waals surface area contributed by atoms with Gasteiger partial charge in [0.05, 0.1) is 4.90 Å². The van der Waals surface area contributed by atoms with Crippen molar-refractivity contribution in [1.29, 1.82) is 0 Å². The summed E-state index contributed by atoms with van der Waals surface area (Å²) < 4.78 is 32.2. The van der Waals surface area contributed by atoms with Gasteiger partial charge in [0.15, 0.2) is 0 Å². The fourth-order valence-corrected chi connectivity index (χ4v) is 4.16. The van der Waals surface area contributed by atoms with Crippen molar-refractivity contribution >= 4 is 16.1 Å². The van der Waals surface area contributed by atoms with E-state index in [9.17, 15) is 18.3 Å². The normalized spacial score (nSPS) is 20.0. The molecule has 1 atom stereocenters. The number of carbonyl (C=O) groups excluding carboxylic acids is 1. The zero-order chi connectivity index (χ0) is 18.1. The number of nitrogens with zero attached hydrogens (tertiary/aromatic N) is 2. The summed E-state index contributed by atoms with van der Waals surface area (Å²) in [5, 5.41) is 9.31. The molecule has 24 heavy (non-hydrogen) atoms. The molecule has 0 radical (unpaired) electrons. The van der Waals surface area contributed by atoms with Crippen molar-refractivity contribution in [2.45, 2.75) is 44.2 Å². The van der Waals surface area contributed by atoms with Gasteiger partial charge in [0.1, 0.15) is 11.4 Å². The van der Waals surface area contributed by atoms with E-state index in [-0.39, 0.29) is 36.3 Å². The van der Waals surface area contributed by atoms with E-state index in [4.69, 9.17) is 4.74 Å². The number of aromatic hydroxyl groups is 1. The molecule has 1 unspecified atom stereocenters. The summed E-state index contributed by atoms with van der Waals surface area (Å²) in [4.78, 5) is 13.8. The third kappa shape index (κ3) is 4.18. The summed E-state index contributed by atoms with van der Waals surface area (Å²) in [5.41, 5.74) is -0.588. The van der Waals surface area contributed by atoms with Gasteiger partial charge < -0.3 is 14.7 Å². The second-order valence-electron chi connectivity index (χ2n) is 6.89. The predicted octanol–water partition coefficient (Wildman–Crippen LogP) is 2.02. The maximum Gasteiger partial charge on any atom is 0.410 e. The van der Waals surface area contributed by atoms with Crippen LogP contribution in [-0.2, 0) is 14.8 Å². The number of phenols is 1.